The van der Waals surface area contributed by atoms with E-state index in [-0.39, 0.29) is 18.2 Å². The lowest BCUT2D eigenvalue weighted by molar-refractivity contribution is 0.289. The van der Waals surface area contributed by atoms with Crippen LogP contribution in [0.2, 0.25) is 0 Å². The Balaban J connectivity index is 2.15. The molecule has 0 aromatic heterocycles. The van der Waals surface area contributed by atoms with Crippen molar-refractivity contribution in [3.05, 3.63) is 57.8 Å². The molecule has 2 rings (SSSR count). The number of rotatable bonds is 5. The maximum absolute atomic E-state index is 13.8. The highest BCUT2D eigenvalue weighted by molar-refractivity contribution is 9.10. The van der Waals surface area contributed by atoms with Crippen molar-refractivity contribution in [1.82, 2.24) is 0 Å². The molecule has 0 aliphatic heterocycles. The Morgan fingerprint density at radius 1 is 1.29 bits per heavy atom. The first kappa shape index (κ1) is 15.3. The number of halogens is 2. The fourth-order valence-electron chi connectivity index (χ4n) is 1.73. The van der Waals surface area contributed by atoms with Gasteiger partial charge >= 0.3 is 0 Å². The summed E-state index contributed by atoms with van der Waals surface area (Å²) >= 11 is 3.41. The van der Waals surface area contributed by atoms with Crippen LogP contribution in [0.25, 0.3) is 0 Å². The predicted octanol–water partition coefficient (Wildman–Crippen LogP) is 3.46. The van der Waals surface area contributed by atoms with Crippen LogP contribution in [0, 0.1) is 11.2 Å². The lowest BCUT2D eigenvalue weighted by Gasteiger charge is -2.11. The molecule has 2 aromatic rings. The van der Waals surface area contributed by atoms with Gasteiger partial charge in [-0.05, 0) is 36.4 Å². The van der Waals surface area contributed by atoms with Gasteiger partial charge in [0.1, 0.15) is 18.2 Å². The predicted molar refractivity (Wildman–Crippen MR) is 82.4 cm³/mol. The molecule has 0 heterocycles. The van der Waals surface area contributed by atoms with Gasteiger partial charge in [-0.25, -0.2) is 4.39 Å². The van der Waals surface area contributed by atoms with E-state index < -0.39 is 5.82 Å². The van der Waals surface area contributed by atoms with E-state index in [1.165, 1.54) is 12.1 Å². The molecule has 110 valence electrons. The lowest BCUT2D eigenvalue weighted by atomic mass is 10.2. The Bertz CT molecular complexity index is 677. The summed E-state index contributed by atoms with van der Waals surface area (Å²) in [6.07, 6.45) is 0. The topological polar surface area (TPSA) is 68.3 Å². The highest BCUT2D eigenvalue weighted by Crippen LogP contribution is 2.25. The molecule has 0 aliphatic carbocycles. The molecule has 21 heavy (non-hydrogen) atoms. The normalized spacial score (nSPS) is 10.2. The Morgan fingerprint density at radius 2 is 2.05 bits per heavy atom. The van der Waals surface area contributed by atoms with E-state index in [0.29, 0.717) is 11.3 Å². The third-order valence-electron chi connectivity index (χ3n) is 2.88. The first-order valence-corrected chi connectivity index (χ1v) is 6.89. The summed E-state index contributed by atoms with van der Waals surface area (Å²) < 4.78 is 25.3. The standard InChI is InChI=1S/C15H14BrFN2O2/c1-20-11-3-4-12(16)10(6-11)8-21-14-5-2-9(15(18)19)7-13(14)17/h2-7H,8H2,1H3,(H3,18,19). The van der Waals surface area contributed by atoms with Crippen LogP contribution in [0.5, 0.6) is 11.5 Å². The SMILES string of the molecule is COc1ccc(Br)c(COc2ccc(C(=N)N)cc2F)c1. The van der Waals surface area contributed by atoms with Gasteiger partial charge in [0.05, 0.1) is 7.11 Å². The fraction of sp³-hybridized carbons (Fsp3) is 0.133. The van der Waals surface area contributed by atoms with Gasteiger partial charge in [-0.2, -0.15) is 0 Å². The smallest absolute Gasteiger partial charge is 0.165 e. The van der Waals surface area contributed by atoms with Crippen LogP contribution in [-0.2, 0) is 6.61 Å². The van der Waals surface area contributed by atoms with Gasteiger partial charge in [0.15, 0.2) is 11.6 Å². The van der Waals surface area contributed by atoms with Crippen LogP contribution in [-0.4, -0.2) is 12.9 Å². The molecule has 0 bridgehead atoms. The summed E-state index contributed by atoms with van der Waals surface area (Å²) in [5, 5.41) is 7.26. The molecular weight excluding hydrogens is 339 g/mol. The van der Waals surface area contributed by atoms with Crippen molar-refractivity contribution < 1.29 is 13.9 Å². The number of nitrogens with one attached hydrogen (secondary N) is 1. The number of ether oxygens (including phenoxy) is 2. The van der Waals surface area contributed by atoms with E-state index in [2.05, 4.69) is 15.9 Å². The van der Waals surface area contributed by atoms with Crippen LogP contribution in [0.4, 0.5) is 4.39 Å². The van der Waals surface area contributed by atoms with Crippen molar-refractivity contribution in [2.75, 3.05) is 7.11 Å². The number of nitrogens with two attached hydrogens (primary N) is 1. The van der Waals surface area contributed by atoms with Gasteiger partial charge in [-0.1, -0.05) is 15.9 Å². The van der Waals surface area contributed by atoms with E-state index in [4.69, 9.17) is 20.6 Å². The fourth-order valence-corrected chi connectivity index (χ4v) is 2.09. The summed E-state index contributed by atoms with van der Waals surface area (Å²) in [6.45, 7) is 0.189. The minimum Gasteiger partial charge on any atom is -0.497 e. The maximum Gasteiger partial charge on any atom is 0.165 e. The summed E-state index contributed by atoms with van der Waals surface area (Å²) in [6, 6.07) is 9.65. The molecule has 0 saturated heterocycles. The summed E-state index contributed by atoms with van der Waals surface area (Å²) in [5.74, 6) is 0.0663. The summed E-state index contributed by atoms with van der Waals surface area (Å²) in [7, 11) is 1.58. The molecule has 0 aliphatic rings. The molecule has 0 radical (unpaired) electrons. The number of nitrogen functional groups attached to an aromatic ring is 1. The van der Waals surface area contributed by atoms with Gasteiger partial charge in [0, 0.05) is 15.6 Å². The molecule has 3 N–H and O–H groups in total. The Hall–Kier alpha value is -2.08. The second-order valence-electron chi connectivity index (χ2n) is 4.30. The molecule has 0 unspecified atom stereocenters. The second-order valence-corrected chi connectivity index (χ2v) is 5.16. The highest BCUT2D eigenvalue weighted by atomic mass is 79.9. The number of amidine groups is 1. The minimum atomic E-state index is -0.554. The van der Waals surface area contributed by atoms with E-state index >= 15 is 0 Å². The van der Waals surface area contributed by atoms with Gasteiger partial charge in [0.2, 0.25) is 0 Å². The zero-order chi connectivity index (χ0) is 15.4. The highest BCUT2D eigenvalue weighted by Gasteiger charge is 2.08. The average Bonchev–Trinajstić information content (AvgIpc) is 2.47. The summed E-state index contributed by atoms with van der Waals surface area (Å²) in [5.41, 5.74) is 6.46. The number of hydrogen-bond donors (Lipinski definition) is 2. The van der Waals surface area contributed by atoms with E-state index in [0.717, 1.165) is 10.0 Å². The monoisotopic (exact) mass is 352 g/mol. The van der Waals surface area contributed by atoms with Crippen LogP contribution in [0.3, 0.4) is 0 Å². The van der Waals surface area contributed by atoms with Gasteiger partial charge in [-0.3, -0.25) is 5.41 Å². The van der Waals surface area contributed by atoms with Crippen LogP contribution in [0.1, 0.15) is 11.1 Å². The third-order valence-corrected chi connectivity index (χ3v) is 3.65. The first-order valence-electron chi connectivity index (χ1n) is 6.10. The largest absolute Gasteiger partial charge is 0.497 e. The van der Waals surface area contributed by atoms with Crippen molar-refractivity contribution >= 4 is 21.8 Å². The van der Waals surface area contributed by atoms with E-state index in [1.54, 1.807) is 13.2 Å². The Labute approximate surface area is 130 Å². The minimum absolute atomic E-state index is 0.106. The molecule has 0 fully saturated rings. The third kappa shape index (κ3) is 3.72. The number of hydrogen-bond acceptors (Lipinski definition) is 3. The zero-order valence-corrected chi connectivity index (χ0v) is 12.9. The summed E-state index contributed by atoms with van der Waals surface area (Å²) in [4.78, 5) is 0. The van der Waals surface area contributed by atoms with Crippen LogP contribution >= 0.6 is 15.9 Å². The molecule has 4 nitrogen and oxygen atoms in total. The molecule has 0 spiro atoms. The molecule has 2 aromatic carbocycles. The van der Waals surface area contributed by atoms with E-state index in [9.17, 15) is 4.39 Å². The van der Waals surface area contributed by atoms with Crippen molar-refractivity contribution in [3.8, 4) is 11.5 Å². The van der Waals surface area contributed by atoms with Crippen LogP contribution < -0.4 is 15.2 Å². The molecule has 0 atom stereocenters. The maximum atomic E-state index is 13.8. The Morgan fingerprint density at radius 3 is 2.67 bits per heavy atom. The Kier molecular flexibility index (Phi) is 4.80. The van der Waals surface area contributed by atoms with Gasteiger partial charge in [0.25, 0.3) is 0 Å². The van der Waals surface area contributed by atoms with Gasteiger partial charge < -0.3 is 15.2 Å². The number of methoxy groups -OCH3 is 1. The number of benzene rings is 2. The first-order chi connectivity index (χ1) is 10.0. The molecule has 6 heteroatoms. The van der Waals surface area contributed by atoms with Gasteiger partial charge in [-0.15, -0.1) is 0 Å². The van der Waals surface area contributed by atoms with E-state index in [1.807, 2.05) is 18.2 Å². The quantitative estimate of drug-likeness (QED) is 0.639. The molecular formula is C15H14BrFN2O2. The lowest BCUT2D eigenvalue weighted by Crippen LogP contribution is -2.11. The van der Waals surface area contributed by atoms with Crippen molar-refractivity contribution in [1.29, 1.82) is 5.41 Å². The van der Waals surface area contributed by atoms with Crippen molar-refractivity contribution in [2.45, 2.75) is 6.61 Å². The molecule has 0 amide bonds. The average molecular weight is 353 g/mol. The molecule has 0 saturated carbocycles. The van der Waals surface area contributed by atoms with Crippen molar-refractivity contribution in [3.63, 3.8) is 0 Å². The van der Waals surface area contributed by atoms with Crippen molar-refractivity contribution in [2.24, 2.45) is 5.73 Å². The zero-order valence-electron chi connectivity index (χ0n) is 11.3. The second kappa shape index (κ2) is 6.58. The van der Waals surface area contributed by atoms with Crippen LogP contribution in [0.15, 0.2) is 40.9 Å².